The first-order valence-electron chi connectivity index (χ1n) is 9.24. The molecule has 1 heterocycles. The summed E-state index contributed by atoms with van der Waals surface area (Å²) in [6, 6.07) is 20.0. The van der Waals surface area contributed by atoms with Gasteiger partial charge in [-0.2, -0.15) is 0 Å². The van der Waals surface area contributed by atoms with E-state index in [0.29, 0.717) is 17.8 Å². The maximum atomic E-state index is 12.3. The van der Waals surface area contributed by atoms with Crippen LogP contribution in [0.15, 0.2) is 72.1 Å². The van der Waals surface area contributed by atoms with Gasteiger partial charge in [0.25, 0.3) is 5.91 Å². The lowest BCUT2D eigenvalue weighted by Crippen LogP contribution is -2.36. The van der Waals surface area contributed by atoms with Gasteiger partial charge in [-0.1, -0.05) is 24.3 Å². The van der Waals surface area contributed by atoms with E-state index in [1.807, 2.05) is 55.9 Å². The van der Waals surface area contributed by atoms with E-state index < -0.39 is 0 Å². The third kappa shape index (κ3) is 5.91. The molecule has 0 aliphatic carbocycles. The molecule has 0 aliphatic heterocycles. The highest BCUT2D eigenvalue weighted by Gasteiger charge is 2.16. The van der Waals surface area contributed by atoms with Gasteiger partial charge in [0.1, 0.15) is 0 Å². The van der Waals surface area contributed by atoms with Gasteiger partial charge < -0.3 is 20.9 Å². The predicted octanol–water partition coefficient (Wildman–Crippen LogP) is 4.42. The molecule has 0 saturated heterocycles. The number of carbonyl (C=O) groups is 2. The highest BCUT2D eigenvalue weighted by atomic mass is 32.1. The summed E-state index contributed by atoms with van der Waals surface area (Å²) in [5.41, 5.74) is 1.88. The topological polar surface area (TPSA) is 73.5 Å². The quantitative estimate of drug-likeness (QED) is 0.542. The second-order valence-corrected chi connectivity index (χ2v) is 7.71. The molecule has 1 atom stereocenters. The minimum atomic E-state index is -0.283. The number of amides is 3. The standard InChI is InChI=1S/C22H24N4O2S/c1-26(2)19(20-9-6-14-29-20)15-23-22(28)25-18-12-10-16(11-13-18)21(27)24-17-7-4-3-5-8-17/h3-14,19H,15H2,1-2H3,(H,24,27)(H2,23,25,28). The van der Waals surface area contributed by atoms with Gasteiger partial charge >= 0.3 is 6.03 Å². The third-order valence-corrected chi connectivity index (χ3v) is 5.36. The summed E-state index contributed by atoms with van der Waals surface area (Å²) in [7, 11) is 3.98. The van der Waals surface area contributed by atoms with Crippen molar-refractivity contribution in [3.05, 3.63) is 82.6 Å². The number of carbonyl (C=O) groups excluding carboxylic acids is 2. The Bertz CT molecular complexity index is 925. The molecule has 0 saturated carbocycles. The number of benzene rings is 2. The lowest BCUT2D eigenvalue weighted by atomic mass is 10.2. The van der Waals surface area contributed by atoms with Crippen molar-refractivity contribution in [1.29, 1.82) is 0 Å². The van der Waals surface area contributed by atoms with Crippen molar-refractivity contribution in [1.82, 2.24) is 10.2 Å². The monoisotopic (exact) mass is 408 g/mol. The smallest absolute Gasteiger partial charge is 0.319 e. The van der Waals surface area contributed by atoms with Crippen molar-refractivity contribution in [3.8, 4) is 0 Å². The van der Waals surface area contributed by atoms with Gasteiger partial charge in [-0.25, -0.2) is 4.79 Å². The van der Waals surface area contributed by atoms with Crippen molar-refractivity contribution >= 4 is 34.6 Å². The highest BCUT2D eigenvalue weighted by Crippen LogP contribution is 2.22. The molecule has 3 aromatic rings. The van der Waals surface area contributed by atoms with E-state index in [9.17, 15) is 9.59 Å². The first-order valence-corrected chi connectivity index (χ1v) is 10.1. The lowest BCUT2D eigenvalue weighted by molar-refractivity contribution is 0.102. The highest BCUT2D eigenvalue weighted by molar-refractivity contribution is 7.10. The van der Waals surface area contributed by atoms with Crippen LogP contribution in [-0.4, -0.2) is 37.5 Å². The Morgan fingerprint density at radius 1 is 0.897 bits per heavy atom. The number of rotatable bonds is 7. The first-order chi connectivity index (χ1) is 14.0. The van der Waals surface area contributed by atoms with E-state index in [2.05, 4.69) is 26.9 Å². The fraction of sp³-hybridized carbons (Fsp3) is 0.182. The number of para-hydroxylation sites is 1. The van der Waals surface area contributed by atoms with E-state index >= 15 is 0 Å². The van der Waals surface area contributed by atoms with Gasteiger partial charge in [-0.15, -0.1) is 11.3 Å². The zero-order valence-corrected chi connectivity index (χ0v) is 17.2. The number of nitrogens with zero attached hydrogens (tertiary/aromatic N) is 1. The Kier molecular flexibility index (Phi) is 6.99. The SMILES string of the molecule is CN(C)C(CNC(=O)Nc1ccc(C(=O)Nc2ccccc2)cc1)c1cccs1. The van der Waals surface area contributed by atoms with Crippen molar-refractivity contribution in [3.63, 3.8) is 0 Å². The van der Waals surface area contributed by atoms with Crippen LogP contribution in [0.3, 0.4) is 0 Å². The van der Waals surface area contributed by atoms with Gasteiger partial charge in [0.15, 0.2) is 0 Å². The van der Waals surface area contributed by atoms with Crippen LogP contribution in [0.4, 0.5) is 16.2 Å². The summed E-state index contributed by atoms with van der Waals surface area (Å²) in [6.07, 6.45) is 0. The van der Waals surface area contributed by atoms with E-state index in [0.717, 1.165) is 5.69 Å². The summed E-state index contributed by atoms with van der Waals surface area (Å²) in [4.78, 5) is 27.8. The minimum absolute atomic E-state index is 0.116. The van der Waals surface area contributed by atoms with Gasteiger partial charge in [0.05, 0.1) is 6.04 Å². The normalized spacial score (nSPS) is 11.7. The fourth-order valence-corrected chi connectivity index (χ4v) is 3.74. The van der Waals surface area contributed by atoms with Crippen molar-refractivity contribution in [2.75, 3.05) is 31.3 Å². The number of urea groups is 1. The van der Waals surface area contributed by atoms with Gasteiger partial charge in [-0.3, -0.25) is 4.79 Å². The molecule has 3 N–H and O–H groups in total. The second-order valence-electron chi connectivity index (χ2n) is 6.73. The summed E-state index contributed by atoms with van der Waals surface area (Å²) in [6.45, 7) is 0.497. The molecule has 1 aromatic heterocycles. The van der Waals surface area contributed by atoms with Crippen molar-refractivity contribution < 1.29 is 9.59 Å². The molecule has 29 heavy (non-hydrogen) atoms. The number of nitrogens with one attached hydrogen (secondary N) is 3. The summed E-state index contributed by atoms with van der Waals surface area (Å²) < 4.78 is 0. The molecule has 0 bridgehead atoms. The number of likely N-dealkylation sites (N-methyl/N-ethyl adjacent to an activating group) is 1. The Balaban J connectivity index is 1.52. The van der Waals surface area contributed by atoms with E-state index in [-0.39, 0.29) is 18.0 Å². The van der Waals surface area contributed by atoms with Crippen LogP contribution in [0.2, 0.25) is 0 Å². The maximum absolute atomic E-state index is 12.3. The molecule has 150 valence electrons. The molecule has 3 amide bonds. The Morgan fingerprint density at radius 2 is 1.59 bits per heavy atom. The van der Waals surface area contributed by atoms with Crippen molar-refractivity contribution in [2.45, 2.75) is 6.04 Å². The molecule has 0 aliphatic rings. The van der Waals surface area contributed by atoms with Crippen molar-refractivity contribution in [2.24, 2.45) is 0 Å². The molecule has 0 fully saturated rings. The predicted molar refractivity (Wildman–Crippen MR) is 119 cm³/mol. The first kappa shape index (κ1) is 20.6. The molecule has 3 rings (SSSR count). The van der Waals surface area contributed by atoms with Crippen LogP contribution in [0.1, 0.15) is 21.3 Å². The number of hydrogen-bond donors (Lipinski definition) is 3. The zero-order valence-electron chi connectivity index (χ0n) is 16.4. The minimum Gasteiger partial charge on any atom is -0.336 e. The van der Waals surface area contributed by atoms with Crippen LogP contribution < -0.4 is 16.0 Å². The summed E-state index contributed by atoms with van der Waals surface area (Å²) in [5, 5.41) is 10.6. The molecule has 1 unspecified atom stereocenters. The Hall–Kier alpha value is -3.16. The average Bonchev–Trinajstić information content (AvgIpc) is 3.23. The van der Waals surface area contributed by atoms with E-state index in [1.165, 1.54) is 4.88 Å². The van der Waals surface area contributed by atoms with Gasteiger partial charge in [0.2, 0.25) is 0 Å². The van der Waals surface area contributed by atoms with E-state index in [4.69, 9.17) is 0 Å². The van der Waals surface area contributed by atoms with Crippen LogP contribution >= 0.6 is 11.3 Å². The lowest BCUT2D eigenvalue weighted by Gasteiger charge is -2.23. The fourth-order valence-electron chi connectivity index (χ4n) is 2.81. The van der Waals surface area contributed by atoms with Crippen LogP contribution in [0.5, 0.6) is 0 Å². The zero-order chi connectivity index (χ0) is 20.6. The van der Waals surface area contributed by atoms with Crippen LogP contribution in [0.25, 0.3) is 0 Å². The molecule has 0 spiro atoms. The maximum Gasteiger partial charge on any atom is 0.319 e. The van der Waals surface area contributed by atoms with Crippen LogP contribution in [0, 0.1) is 0 Å². The second kappa shape index (κ2) is 9.86. The average molecular weight is 409 g/mol. The molecular formula is C22H24N4O2S. The molecule has 6 nitrogen and oxygen atoms in total. The molecule has 0 radical (unpaired) electrons. The number of thiophene rings is 1. The molecular weight excluding hydrogens is 384 g/mol. The molecule has 7 heteroatoms. The Morgan fingerprint density at radius 3 is 2.21 bits per heavy atom. The van der Waals surface area contributed by atoms with E-state index in [1.54, 1.807) is 35.6 Å². The summed E-state index contributed by atoms with van der Waals surface area (Å²) >= 11 is 1.67. The Labute approximate surface area is 174 Å². The number of anilines is 2. The molecule has 2 aromatic carbocycles. The van der Waals surface area contributed by atoms with Gasteiger partial charge in [-0.05, 0) is 61.9 Å². The summed E-state index contributed by atoms with van der Waals surface area (Å²) in [5.74, 6) is -0.197. The van der Waals surface area contributed by atoms with Crippen LogP contribution in [-0.2, 0) is 0 Å². The van der Waals surface area contributed by atoms with Gasteiger partial charge in [0, 0.05) is 28.4 Å². The largest absolute Gasteiger partial charge is 0.336 e. The number of hydrogen-bond acceptors (Lipinski definition) is 4. The third-order valence-electron chi connectivity index (χ3n) is 4.39.